The van der Waals surface area contributed by atoms with E-state index in [0.717, 1.165) is 40.3 Å². The lowest BCUT2D eigenvalue weighted by Gasteiger charge is -2.12. The van der Waals surface area contributed by atoms with Crippen molar-refractivity contribution in [3.63, 3.8) is 0 Å². The Kier molecular flexibility index (Phi) is 7.31. The van der Waals surface area contributed by atoms with Gasteiger partial charge in [-0.25, -0.2) is 4.98 Å². The minimum absolute atomic E-state index is 0.00289. The van der Waals surface area contributed by atoms with Crippen molar-refractivity contribution in [3.8, 4) is 5.75 Å². The second-order valence-electron chi connectivity index (χ2n) is 9.16. The van der Waals surface area contributed by atoms with Gasteiger partial charge in [-0.2, -0.15) is 0 Å². The highest BCUT2D eigenvalue weighted by Crippen LogP contribution is 2.21. The average Bonchev–Trinajstić information content (AvgIpc) is 3.17. The molecule has 0 saturated carbocycles. The van der Waals surface area contributed by atoms with Crippen LogP contribution in [0.15, 0.2) is 66.7 Å². The van der Waals surface area contributed by atoms with Gasteiger partial charge in [0.15, 0.2) is 6.61 Å². The van der Waals surface area contributed by atoms with Crippen molar-refractivity contribution in [2.24, 2.45) is 0 Å². The molecule has 4 rings (SSSR count). The number of hydrogen-bond donors (Lipinski definition) is 1. The number of rotatable bonds is 9. The zero-order valence-corrected chi connectivity index (χ0v) is 20.5. The van der Waals surface area contributed by atoms with E-state index in [1.165, 1.54) is 11.1 Å². The Balaban J connectivity index is 1.40. The third kappa shape index (κ3) is 5.66. The van der Waals surface area contributed by atoms with E-state index in [2.05, 4.69) is 54.1 Å². The SMILES string of the molecule is Cc1ccc(C)c(OCC(=O)NCCc2nc3ccccc3n2Cc2ccc(C(C)C)cc2)c1. The summed E-state index contributed by atoms with van der Waals surface area (Å²) >= 11 is 0. The minimum atomic E-state index is -0.132. The van der Waals surface area contributed by atoms with Crippen molar-refractivity contribution >= 4 is 16.9 Å². The summed E-state index contributed by atoms with van der Waals surface area (Å²) in [5, 5.41) is 2.97. The number of carbonyl (C=O) groups excluding carboxylic acids is 1. The number of aromatic nitrogens is 2. The van der Waals surface area contributed by atoms with E-state index in [9.17, 15) is 4.79 Å². The van der Waals surface area contributed by atoms with Crippen LogP contribution in [0.25, 0.3) is 11.0 Å². The van der Waals surface area contributed by atoms with E-state index < -0.39 is 0 Å². The van der Waals surface area contributed by atoms with Gasteiger partial charge >= 0.3 is 0 Å². The monoisotopic (exact) mass is 455 g/mol. The number of benzene rings is 3. The molecular formula is C29H33N3O2. The maximum Gasteiger partial charge on any atom is 0.257 e. The minimum Gasteiger partial charge on any atom is -0.483 e. The molecule has 0 saturated heterocycles. The molecule has 1 N–H and O–H groups in total. The Hall–Kier alpha value is -3.60. The number of imidazole rings is 1. The van der Waals surface area contributed by atoms with Crippen LogP contribution in [0.5, 0.6) is 5.75 Å². The van der Waals surface area contributed by atoms with Crippen LogP contribution in [0.2, 0.25) is 0 Å². The molecule has 5 heteroatoms. The molecule has 34 heavy (non-hydrogen) atoms. The average molecular weight is 456 g/mol. The standard InChI is InChI=1S/C29H33N3O2/c1-20(2)24-13-11-23(12-14-24)18-32-26-8-6-5-7-25(26)31-28(32)15-16-30-29(33)19-34-27-17-21(3)9-10-22(27)4/h5-14,17,20H,15-16,18-19H2,1-4H3,(H,30,33). The van der Waals surface area contributed by atoms with Crippen LogP contribution in [-0.4, -0.2) is 28.6 Å². The Morgan fingerprint density at radius 3 is 2.56 bits per heavy atom. The van der Waals surface area contributed by atoms with Gasteiger partial charge in [0.05, 0.1) is 11.0 Å². The summed E-state index contributed by atoms with van der Waals surface area (Å²) in [7, 11) is 0. The fourth-order valence-corrected chi connectivity index (χ4v) is 4.05. The lowest BCUT2D eigenvalue weighted by Crippen LogP contribution is -2.31. The van der Waals surface area contributed by atoms with E-state index in [1.807, 2.05) is 50.2 Å². The topological polar surface area (TPSA) is 56.1 Å². The number of carbonyl (C=O) groups is 1. The fraction of sp³-hybridized carbons (Fsp3) is 0.310. The number of ether oxygens (including phenoxy) is 1. The van der Waals surface area contributed by atoms with Crippen molar-refractivity contribution in [1.29, 1.82) is 0 Å². The molecule has 0 bridgehead atoms. The smallest absolute Gasteiger partial charge is 0.257 e. The molecule has 0 spiro atoms. The summed E-state index contributed by atoms with van der Waals surface area (Å²) in [6, 6.07) is 23.0. The quantitative estimate of drug-likeness (QED) is 0.359. The molecular weight excluding hydrogens is 422 g/mol. The number of aryl methyl sites for hydroxylation is 2. The molecule has 0 aliphatic rings. The third-order valence-electron chi connectivity index (χ3n) is 6.09. The van der Waals surface area contributed by atoms with E-state index in [1.54, 1.807) is 0 Å². The van der Waals surface area contributed by atoms with Gasteiger partial charge < -0.3 is 14.6 Å². The van der Waals surface area contributed by atoms with E-state index in [0.29, 0.717) is 18.9 Å². The number of amides is 1. The lowest BCUT2D eigenvalue weighted by atomic mass is 10.0. The molecule has 4 aromatic rings. The lowest BCUT2D eigenvalue weighted by molar-refractivity contribution is -0.123. The van der Waals surface area contributed by atoms with E-state index in [4.69, 9.17) is 9.72 Å². The highest BCUT2D eigenvalue weighted by atomic mass is 16.5. The molecule has 0 radical (unpaired) electrons. The molecule has 0 fully saturated rings. The number of para-hydroxylation sites is 2. The predicted molar refractivity (Wildman–Crippen MR) is 137 cm³/mol. The van der Waals surface area contributed by atoms with Gasteiger partial charge in [0.1, 0.15) is 11.6 Å². The second kappa shape index (κ2) is 10.6. The predicted octanol–water partition coefficient (Wildman–Crippen LogP) is 5.56. The molecule has 0 atom stereocenters. The third-order valence-corrected chi connectivity index (χ3v) is 6.09. The van der Waals surface area contributed by atoms with Crippen molar-refractivity contribution in [3.05, 3.63) is 94.8 Å². The van der Waals surface area contributed by atoms with Crippen molar-refractivity contribution in [2.75, 3.05) is 13.2 Å². The molecule has 3 aromatic carbocycles. The summed E-state index contributed by atoms with van der Waals surface area (Å²) in [5.41, 5.74) is 6.79. The zero-order chi connectivity index (χ0) is 24.1. The highest BCUT2D eigenvalue weighted by Gasteiger charge is 2.12. The van der Waals surface area contributed by atoms with Crippen LogP contribution in [-0.2, 0) is 17.8 Å². The maximum absolute atomic E-state index is 12.4. The van der Waals surface area contributed by atoms with E-state index >= 15 is 0 Å². The van der Waals surface area contributed by atoms with Crippen LogP contribution in [0.3, 0.4) is 0 Å². The molecule has 1 aromatic heterocycles. The van der Waals surface area contributed by atoms with Gasteiger partial charge in [-0.1, -0.05) is 62.4 Å². The first kappa shape index (κ1) is 23.6. The van der Waals surface area contributed by atoms with Crippen LogP contribution in [0.1, 0.15) is 47.8 Å². The first-order valence-electron chi connectivity index (χ1n) is 11.9. The fourth-order valence-electron chi connectivity index (χ4n) is 4.05. The number of fused-ring (bicyclic) bond motifs is 1. The summed E-state index contributed by atoms with van der Waals surface area (Å²) in [5.74, 6) is 2.10. The van der Waals surface area contributed by atoms with Crippen molar-refractivity contribution in [2.45, 2.75) is 46.6 Å². The van der Waals surface area contributed by atoms with Crippen LogP contribution >= 0.6 is 0 Å². The van der Waals surface area contributed by atoms with E-state index in [-0.39, 0.29) is 12.5 Å². The largest absolute Gasteiger partial charge is 0.483 e. The normalized spacial score (nSPS) is 11.2. The number of nitrogens with zero attached hydrogens (tertiary/aromatic N) is 2. The van der Waals surface area contributed by atoms with Crippen LogP contribution < -0.4 is 10.1 Å². The molecule has 1 amide bonds. The van der Waals surface area contributed by atoms with Crippen molar-refractivity contribution < 1.29 is 9.53 Å². The van der Waals surface area contributed by atoms with Crippen molar-refractivity contribution in [1.82, 2.24) is 14.9 Å². The molecule has 0 aliphatic carbocycles. The van der Waals surface area contributed by atoms with Gasteiger partial charge in [0.2, 0.25) is 0 Å². The van der Waals surface area contributed by atoms with Gasteiger partial charge in [0, 0.05) is 19.5 Å². The molecule has 5 nitrogen and oxygen atoms in total. The van der Waals surface area contributed by atoms with Gasteiger partial charge in [-0.15, -0.1) is 0 Å². The Morgan fingerprint density at radius 1 is 1.03 bits per heavy atom. The summed E-state index contributed by atoms with van der Waals surface area (Å²) < 4.78 is 7.97. The Labute approximate surface area is 201 Å². The summed E-state index contributed by atoms with van der Waals surface area (Å²) in [6.45, 7) is 9.66. The second-order valence-corrected chi connectivity index (χ2v) is 9.16. The highest BCUT2D eigenvalue weighted by molar-refractivity contribution is 5.78. The summed E-state index contributed by atoms with van der Waals surface area (Å²) in [4.78, 5) is 17.2. The zero-order valence-electron chi connectivity index (χ0n) is 20.5. The first-order valence-corrected chi connectivity index (χ1v) is 11.9. The first-order chi connectivity index (χ1) is 16.4. The molecule has 1 heterocycles. The Morgan fingerprint density at radius 2 is 1.79 bits per heavy atom. The molecule has 176 valence electrons. The van der Waals surface area contributed by atoms with Crippen LogP contribution in [0.4, 0.5) is 0 Å². The Bertz CT molecular complexity index is 1270. The summed E-state index contributed by atoms with van der Waals surface area (Å²) in [6.07, 6.45) is 0.647. The number of hydrogen-bond acceptors (Lipinski definition) is 3. The van der Waals surface area contributed by atoms with Crippen LogP contribution in [0, 0.1) is 13.8 Å². The van der Waals surface area contributed by atoms with Gasteiger partial charge in [-0.3, -0.25) is 4.79 Å². The van der Waals surface area contributed by atoms with Gasteiger partial charge in [0.25, 0.3) is 5.91 Å². The maximum atomic E-state index is 12.4. The number of nitrogens with one attached hydrogen (secondary N) is 1. The van der Waals surface area contributed by atoms with Gasteiger partial charge in [-0.05, 0) is 60.2 Å². The molecule has 0 unspecified atom stereocenters. The molecule has 0 aliphatic heterocycles.